The zero-order valence-electron chi connectivity index (χ0n) is 18.5. The first kappa shape index (κ1) is 25.0. The first-order valence-electron chi connectivity index (χ1n) is 10.3. The molecule has 10 heteroatoms. The highest BCUT2D eigenvalue weighted by Crippen LogP contribution is 2.41. The second kappa shape index (κ2) is 9.34. The van der Waals surface area contributed by atoms with Crippen LogP contribution in [0.4, 0.5) is 23.2 Å². The van der Waals surface area contributed by atoms with Gasteiger partial charge in [0.25, 0.3) is 0 Å². The summed E-state index contributed by atoms with van der Waals surface area (Å²) < 4.78 is 87.6. The van der Waals surface area contributed by atoms with E-state index in [1.807, 2.05) is 11.8 Å². The van der Waals surface area contributed by atoms with Gasteiger partial charge >= 0.3 is 0 Å². The van der Waals surface area contributed by atoms with Crippen LogP contribution in [0.15, 0.2) is 24.6 Å². The zero-order valence-corrected chi connectivity index (χ0v) is 19.3. The molecule has 0 bridgehead atoms. The number of fused-ring (bicyclic) bond motifs is 1. The molecule has 3 rings (SSSR count). The monoisotopic (exact) mass is 487 g/mol. The Kier molecular flexibility index (Phi) is 7.09. The van der Waals surface area contributed by atoms with Crippen LogP contribution in [0.1, 0.15) is 54.2 Å². The average Bonchev–Trinajstić information content (AvgIpc) is 2.76. The number of benzene rings is 2. The second-order valence-electron chi connectivity index (χ2n) is 7.99. The molecule has 2 aromatic rings. The van der Waals surface area contributed by atoms with E-state index in [-0.39, 0.29) is 5.56 Å². The van der Waals surface area contributed by atoms with E-state index < -0.39 is 68.4 Å². The molecule has 0 radical (unpaired) electrons. The lowest BCUT2D eigenvalue weighted by molar-refractivity contribution is 0.116. The fraction of sp³-hybridized carbons (Fsp3) is 0.391. The zero-order chi connectivity index (χ0) is 24.7. The number of ether oxygens (including phenoxy) is 1. The third-order valence-corrected chi connectivity index (χ3v) is 7.14. The number of anilines is 1. The Morgan fingerprint density at radius 2 is 1.67 bits per heavy atom. The van der Waals surface area contributed by atoms with Crippen LogP contribution >= 0.6 is 0 Å². The lowest BCUT2D eigenvalue weighted by Crippen LogP contribution is -2.31. The van der Waals surface area contributed by atoms with E-state index in [0.29, 0.717) is 29.2 Å². The first-order valence-corrected chi connectivity index (χ1v) is 12.2. The van der Waals surface area contributed by atoms with E-state index in [0.717, 1.165) is 13.3 Å². The van der Waals surface area contributed by atoms with Crippen LogP contribution in [0.25, 0.3) is 0 Å². The molecule has 33 heavy (non-hydrogen) atoms. The number of hydrogen-bond donors (Lipinski definition) is 1. The van der Waals surface area contributed by atoms with Crippen LogP contribution in [0.3, 0.4) is 0 Å². The maximum atomic E-state index is 14.2. The lowest BCUT2D eigenvalue weighted by atomic mass is 9.95. The number of aliphatic hydroxyl groups is 1. The van der Waals surface area contributed by atoms with E-state index in [9.17, 15) is 31.1 Å². The molecule has 0 saturated heterocycles. The average molecular weight is 488 g/mol. The molecule has 0 saturated carbocycles. The number of hydrogen-bond acceptors (Lipinski definition) is 5. The molecule has 1 aliphatic heterocycles. The van der Waals surface area contributed by atoms with Gasteiger partial charge in [-0.2, -0.15) is 0 Å². The standard InChI is InChI=1S/C23H25F4NO4S/c1-5-8-28-14(4)32-13(3)19-16(9-29)15(6-7-18(19)28)10-33(30,31)11-17-22(26)20(24)12(2)21(25)23(17)27/h6-7,13,29H,4-5,8-11H2,1-3H3. The predicted molar refractivity (Wildman–Crippen MR) is 116 cm³/mol. The van der Waals surface area contributed by atoms with Crippen LogP contribution in [-0.4, -0.2) is 20.1 Å². The summed E-state index contributed by atoms with van der Waals surface area (Å²) >= 11 is 0. The summed E-state index contributed by atoms with van der Waals surface area (Å²) in [5.41, 5.74) is -0.262. The van der Waals surface area contributed by atoms with Gasteiger partial charge in [0, 0.05) is 23.2 Å². The fourth-order valence-corrected chi connectivity index (χ4v) is 5.60. The van der Waals surface area contributed by atoms with Crippen molar-refractivity contribution in [2.45, 2.75) is 51.4 Å². The van der Waals surface area contributed by atoms with E-state index >= 15 is 0 Å². The second-order valence-corrected chi connectivity index (χ2v) is 10.1. The van der Waals surface area contributed by atoms with Crippen LogP contribution in [0, 0.1) is 30.2 Å². The Morgan fingerprint density at radius 3 is 2.21 bits per heavy atom. The highest BCUT2D eigenvalue weighted by atomic mass is 32.2. The summed E-state index contributed by atoms with van der Waals surface area (Å²) in [4.78, 5) is 1.81. The summed E-state index contributed by atoms with van der Waals surface area (Å²) in [6.07, 6.45) is 0.252. The van der Waals surface area contributed by atoms with Crippen molar-refractivity contribution in [1.29, 1.82) is 0 Å². The first-order chi connectivity index (χ1) is 15.4. The normalized spacial score (nSPS) is 16.1. The maximum Gasteiger partial charge on any atom is 0.187 e. The Bertz CT molecular complexity index is 1180. The van der Waals surface area contributed by atoms with Gasteiger partial charge in [-0.15, -0.1) is 0 Å². The molecule has 0 aromatic heterocycles. The van der Waals surface area contributed by atoms with Crippen molar-refractivity contribution in [3.63, 3.8) is 0 Å². The predicted octanol–water partition coefficient (Wildman–Crippen LogP) is 4.94. The molecule has 0 fully saturated rings. The van der Waals surface area contributed by atoms with Crippen molar-refractivity contribution in [2.75, 3.05) is 11.4 Å². The number of nitrogens with zero attached hydrogens (tertiary/aromatic N) is 1. The van der Waals surface area contributed by atoms with Crippen molar-refractivity contribution in [1.82, 2.24) is 0 Å². The molecule has 1 heterocycles. The summed E-state index contributed by atoms with van der Waals surface area (Å²) in [6, 6.07) is 3.17. The van der Waals surface area contributed by atoms with Crippen molar-refractivity contribution in [2.24, 2.45) is 0 Å². The summed E-state index contributed by atoms with van der Waals surface area (Å²) in [5, 5.41) is 10.0. The van der Waals surface area contributed by atoms with Gasteiger partial charge < -0.3 is 14.7 Å². The molecule has 5 nitrogen and oxygen atoms in total. The molecule has 0 spiro atoms. The molecule has 0 aliphatic carbocycles. The van der Waals surface area contributed by atoms with E-state index in [1.54, 1.807) is 13.0 Å². The molecule has 0 amide bonds. The minimum Gasteiger partial charge on any atom is -0.471 e. The fourth-order valence-electron chi connectivity index (χ4n) is 4.06. The van der Waals surface area contributed by atoms with Crippen LogP contribution in [0.2, 0.25) is 0 Å². The van der Waals surface area contributed by atoms with Gasteiger partial charge in [0.05, 0.1) is 23.8 Å². The van der Waals surface area contributed by atoms with Crippen LogP contribution < -0.4 is 4.90 Å². The topological polar surface area (TPSA) is 66.8 Å². The molecule has 1 aliphatic rings. The minimum atomic E-state index is -4.29. The molecule has 2 aromatic carbocycles. The van der Waals surface area contributed by atoms with Gasteiger partial charge in [-0.25, -0.2) is 26.0 Å². The Labute approximate surface area is 190 Å². The third kappa shape index (κ3) is 4.59. The molecular formula is C23H25F4NO4S. The summed E-state index contributed by atoms with van der Waals surface area (Å²) in [6.45, 7) is 8.53. The van der Waals surface area contributed by atoms with Crippen LogP contribution in [-0.2, 0) is 32.7 Å². The number of sulfone groups is 1. The lowest BCUT2D eigenvalue weighted by Gasteiger charge is -2.37. The van der Waals surface area contributed by atoms with Gasteiger partial charge in [0.2, 0.25) is 0 Å². The van der Waals surface area contributed by atoms with Gasteiger partial charge in [-0.3, -0.25) is 0 Å². The van der Waals surface area contributed by atoms with Crippen molar-refractivity contribution < 1.29 is 35.8 Å². The highest BCUT2D eigenvalue weighted by Gasteiger charge is 2.31. The van der Waals surface area contributed by atoms with E-state index in [1.165, 1.54) is 6.07 Å². The molecule has 180 valence electrons. The number of rotatable bonds is 7. The number of aliphatic hydroxyl groups excluding tert-OH is 1. The quantitative estimate of drug-likeness (QED) is 0.443. The summed E-state index contributed by atoms with van der Waals surface area (Å²) in [5.74, 6) is -8.26. The SMILES string of the molecule is C=C1OC(C)c2c(ccc(CS(=O)(=O)Cc3c(F)c(F)c(C)c(F)c3F)c2CO)N1CCC. The van der Waals surface area contributed by atoms with E-state index in [4.69, 9.17) is 4.74 Å². The highest BCUT2D eigenvalue weighted by molar-refractivity contribution is 7.89. The van der Waals surface area contributed by atoms with Gasteiger partial charge in [0.1, 0.15) is 6.10 Å². The minimum absolute atomic E-state index is 0.199. The molecule has 1 atom stereocenters. The van der Waals surface area contributed by atoms with Crippen LogP contribution in [0.5, 0.6) is 0 Å². The van der Waals surface area contributed by atoms with Gasteiger partial charge in [-0.1, -0.05) is 13.0 Å². The Morgan fingerprint density at radius 1 is 1.06 bits per heavy atom. The molecule has 1 N–H and O–H groups in total. The largest absolute Gasteiger partial charge is 0.471 e. The summed E-state index contributed by atoms with van der Waals surface area (Å²) in [7, 11) is -4.29. The van der Waals surface area contributed by atoms with E-state index in [2.05, 4.69) is 6.58 Å². The van der Waals surface area contributed by atoms with Crippen molar-refractivity contribution in [3.05, 3.63) is 75.7 Å². The van der Waals surface area contributed by atoms with Gasteiger partial charge in [-0.05, 0) is 44.0 Å². The number of halogens is 4. The van der Waals surface area contributed by atoms with Crippen molar-refractivity contribution >= 4 is 15.5 Å². The molecular weight excluding hydrogens is 462 g/mol. The smallest absolute Gasteiger partial charge is 0.187 e. The van der Waals surface area contributed by atoms with Gasteiger partial charge in [0.15, 0.2) is 39.0 Å². The third-order valence-electron chi connectivity index (χ3n) is 5.66. The Balaban J connectivity index is 2.02. The Hall–Kier alpha value is -2.59. The molecule has 1 unspecified atom stereocenters. The van der Waals surface area contributed by atoms with Crippen molar-refractivity contribution in [3.8, 4) is 0 Å². The maximum absolute atomic E-state index is 14.2.